The van der Waals surface area contributed by atoms with E-state index < -0.39 is 23.4 Å². The van der Waals surface area contributed by atoms with Crippen molar-refractivity contribution in [1.82, 2.24) is 0 Å². The summed E-state index contributed by atoms with van der Waals surface area (Å²) < 4.78 is 16.5. The molecule has 1 saturated heterocycles. The quantitative estimate of drug-likeness (QED) is 0.302. The van der Waals surface area contributed by atoms with Crippen molar-refractivity contribution in [1.29, 1.82) is 0 Å². The molecule has 1 N–H and O–H groups in total. The van der Waals surface area contributed by atoms with Gasteiger partial charge < -0.3 is 24.4 Å². The molecular formula is C36H28N2O6. The van der Waals surface area contributed by atoms with Crippen LogP contribution in [0.15, 0.2) is 97.1 Å². The predicted molar refractivity (Wildman–Crippen MR) is 165 cm³/mol. The number of carbonyl (C=O) groups excluding carboxylic acids is 3. The highest BCUT2D eigenvalue weighted by atomic mass is 16.7. The number of amides is 1. The number of para-hydroxylation sites is 2. The van der Waals surface area contributed by atoms with Crippen LogP contribution in [-0.2, 0) is 10.2 Å². The van der Waals surface area contributed by atoms with Gasteiger partial charge in [-0.25, -0.2) is 0 Å². The van der Waals surface area contributed by atoms with Gasteiger partial charge in [0.25, 0.3) is 0 Å². The van der Waals surface area contributed by atoms with E-state index in [1.807, 2.05) is 66.4 Å². The van der Waals surface area contributed by atoms with Gasteiger partial charge in [0.2, 0.25) is 12.7 Å². The molecule has 44 heavy (non-hydrogen) atoms. The molecule has 4 aliphatic rings. The van der Waals surface area contributed by atoms with E-state index in [9.17, 15) is 9.59 Å². The molecular weight excluding hydrogens is 556 g/mol. The van der Waals surface area contributed by atoms with E-state index in [4.69, 9.17) is 14.2 Å². The van der Waals surface area contributed by atoms with Crippen LogP contribution in [0.1, 0.15) is 38.8 Å². The third-order valence-corrected chi connectivity index (χ3v) is 9.47. The normalized spacial score (nSPS) is 23.9. The van der Waals surface area contributed by atoms with E-state index in [1.54, 1.807) is 49.6 Å². The molecule has 0 aliphatic carbocycles. The molecule has 218 valence electrons. The van der Waals surface area contributed by atoms with Crippen molar-refractivity contribution in [3.8, 4) is 17.2 Å². The number of Topliss-reactive ketones (excluding diaryl/α,β-unsaturated/α-hetero) is 2. The Bertz CT molecular complexity index is 1910. The lowest BCUT2D eigenvalue weighted by atomic mass is 9.64. The van der Waals surface area contributed by atoms with Crippen LogP contribution in [-0.4, -0.2) is 43.5 Å². The minimum Gasteiger partial charge on any atom is -0.497 e. The Morgan fingerprint density at radius 3 is 2.43 bits per heavy atom. The average molecular weight is 585 g/mol. The second-order valence-corrected chi connectivity index (χ2v) is 11.5. The Morgan fingerprint density at radius 2 is 1.61 bits per heavy atom. The van der Waals surface area contributed by atoms with Crippen molar-refractivity contribution in [2.45, 2.75) is 24.4 Å². The monoisotopic (exact) mass is 584 g/mol. The Labute approximate surface area is 253 Å². The van der Waals surface area contributed by atoms with Crippen molar-refractivity contribution in [3.63, 3.8) is 0 Å². The van der Waals surface area contributed by atoms with E-state index in [2.05, 4.69) is 5.32 Å². The number of ether oxygens (including phenoxy) is 3. The molecule has 4 heterocycles. The van der Waals surface area contributed by atoms with Crippen LogP contribution >= 0.6 is 0 Å². The Hall–Kier alpha value is -5.37. The summed E-state index contributed by atoms with van der Waals surface area (Å²) >= 11 is 0. The fraction of sp³-hybridized carbons (Fsp3) is 0.194. The minimum atomic E-state index is -1.40. The summed E-state index contributed by atoms with van der Waals surface area (Å²) in [6.45, 7) is 2.07. The second kappa shape index (κ2) is 9.57. The van der Waals surface area contributed by atoms with E-state index in [1.165, 1.54) is 0 Å². The molecule has 8 nitrogen and oxygen atoms in total. The van der Waals surface area contributed by atoms with Gasteiger partial charge in [0.1, 0.15) is 17.2 Å². The largest absolute Gasteiger partial charge is 0.497 e. The van der Waals surface area contributed by atoms with Crippen molar-refractivity contribution in [2.24, 2.45) is 5.92 Å². The Kier molecular flexibility index (Phi) is 5.71. The number of anilines is 2. The van der Waals surface area contributed by atoms with Gasteiger partial charge in [0.05, 0.1) is 19.1 Å². The molecule has 4 aliphatic heterocycles. The van der Waals surface area contributed by atoms with Crippen LogP contribution in [0.5, 0.6) is 17.2 Å². The molecule has 4 atom stereocenters. The maximum Gasteiger partial charge on any atom is 0.238 e. The number of rotatable bonds is 5. The van der Waals surface area contributed by atoms with Gasteiger partial charge in [0, 0.05) is 28.1 Å². The molecule has 4 aromatic carbocycles. The van der Waals surface area contributed by atoms with Crippen LogP contribution in [0, 0.1) is 5.92 Å². The third kappa shape index (κ3) is 3.48. The number of allylic oxidation sites excluding steroid dienone is 1. The van der Waals surface area contributed by atoms with Gasteiger partial charge in [-0.05, 0) is 72.7 Å². The predicted octanol–water partition coefficient (Wildman–Crippen LogP) is 5.67. The highest BCUT2D eigenvalue weighted by molar-refractivity contribution is 6.18. The lowest BCUT2D eigenvalue weighted by molar-refractivity contribution is -0.121. The van der Waals surface area contributed by atoms with Crippen LogP contribution < -0.4 is 24.4 Å². The summed E-state index contributed by atoms with van der Waals surface area (Å²) in [5, 5.41) is 3.07. The Morgan fingerprint density at radius 1 is 0.886 bits per heavy atom. The first kappa shape index (κ1) is 26.3. The molecule has 0 bridgehead atoms. The van der Waals surface area contributed by atoms with Crippen molar-refractivity contribution in [2.75, 3.05) is 24.1 Å². The second-order valence-electron chi connectivity index (χ2n) is 11.5. The number of hydrogen-bond acceptors (Lipinski definition) is 7. The lowest BCUT2D eigenvalue weighted by Crippen LogP contribution is -2.51. The summed E-state index contributed by atoms with van der Waals surface area (Å²) in [7, 11) is 1.57. The fourth-order valence-electron chi connectivity index (χ4n) is 7.54. The van der Waals surface area contributed by atoms with Crippen LogP contribution in [0.25, 0.3) is 5.57 Å². The number of methoxy groups -OCH3 is 1. The molecule has 1 amide bonds. The first-order valence-corrected chi connectivity index (χ1v) is 14.5. The number of hydrogen-bond donors (Lipinski definition) is 1. The molecule has 8 heteroatoms. The molecule has 1 fully saturated rings. The number of carbonyl (C=O) groups is 3. The summed E-state index contributed by atoms with van der Waals surface area (Å²) in [5.74, 6) is -0.351. The molecule has 0 radical (unpaired) electrons. The van der Waals surface area contributed by atoms with Crippen molar-refractivity contribution < 1.29 is 28.6 Å². The average Bonchev–Trinajstić information content (AvgIpc) is 3.73. The van der Waals surface area contributed by atoms with Gasteiger partial charge in [0.15, 0.2) is 23.1 Å². The highest BCUT2D eigenvalue weighted by Crippen LogP contribution is 2.59. The third-order valence-electron chi connectivity index (χ3n) is 9.47. The van der Waals surface area contributed by atoms with Crippen LogP contribution in [0.3, 0.4) is 0 Å². The smallest absolute Gasteiger partial charge is 0.238 e. The summed E-state index contributed by atoms with van der Waals surface area (Å²) in [6, 6.07) is 25.6. The van der Waals surface area contributed by atoms with Crippen LogP contribution in [0.4, 0.5) is 11.4 Å². The standard InChI is InChI=1S/C36H28N2O6/c1-20-17-30-36(25-8-4-5-9-26(25)37-35(36)41)31(33(39)22-13-16-28-29(18-22)44-19-43-28)32(38(30)27-10-6-3-7-24(20)27)34(40)21-11-14-23(42-2)15-12-21/h3-18,30-32H,19H2,1-2H3,(H,37,41)/t30-,31+,32-,36-/m0/s1. The number of nitrogens with one attached hydrogen (secondary N) is 1. The van der Waals surface area contributed by atoms with Gasteiger partial charge >= 0.3 is 0 Å². The molecule has 0 unspecified atom stereocenters. The topological polar surface area (TPSA) is 94.2 Å². The first-order valence-electron chi connectivity index (χ1n) is 14.5. The number of nitrogens with zero attached hydrogens (tertiary/aromatic N) is 1. The molecule has 8 rings (SSSR count). The van der Waals surface area contributed by atoms with Crippen LogP contribution in [0.2, 0.25) is 0 Å². The molecule has 0 aromatic heterocycles. The van der Waals surface area contributed by atoms with Crippen molar-refractivity contribution >= 4 is 34.4 Å². The van der Waals surface area contributed by atoms with E-state index >= 15 is 4.79 Å². The summed E-state index contributed by atoms with van der Waals surface area (Å²) in [5.41, 5.74) is 3.45. The van der Waals surface area contributed by atoms with Gasteiger partial charge in [-0.3, -0.25) is 14.4 Å². The zero-order chi connectivity index (χ0) is 30.2. The maximum absolute atomic E-state index is 15.1. The number of benzene rings is 4. The molecule has 1 spiro atoms. The number of fused-ring (bicyclic) bond motifs is 7. The highest BCUT2D eigenvalue weighted by Gasteiger charge is 2.70. The summed E-state index contributed by atoms with van der Waals surface area (Å²) in [6.07, 6.45) is 2.05. The first-order chi connectivity index (χ1) is 21.4. The molecule has 4 aromatic rings. The zero-order valence-corrected chi connectivity index (χ0v) is 24.1. The fourth-order valence-corrected chi connectivity index (χ4v) is 7.54. The Balaban J connectivity index is 1.41. The number of ketones is 2. The van der Waals surface area contributed by atoms with E-state index in [0.29, 0.717) is 39.6 Å². The van der Waals surface area contributed by atoms with E-state index in [-0.39, 0.29) is 24.3 Å². The minimum absolute atomic E-state index is 0.0609. The van der Waals surface area contributed by atoms with Gasteiger partial charge in [-0.2, -0.15) is 0 Å². The van der Waals surface area contributed by atoms with Gasteiger partial charge in [-0.15, -0.1) is 0 Å². The molecule has 0 saturated carbocycles. The lowest BCUT2D eigenvalue weighted by Gasteiger charge is -2.39. The van der Waals surface area contributed by atoms with Crippen molar-refractivity contribution in [3.05, 3.63) is 119 Å². The SMILES string of the molecule is COc1ccc(C(=O)[C@@H]2[C@H](C(=O)c3ccc4c(c3)OCO4)[C@@]3(C(=O)Nc4ccccc43)[C@@H]3C=C(C)c4ccccc4N23)cc1. The van der Waals surface area contributed by atoms with E-state index in [0.717, 1.165) is 16.8 Å². The van der Waals surface area contributed by atoms with Gasteiger partial charge in [-0.1, -0.05) is 42.5 Å². The zero-order valence-electron chi connectivity index (χ0n) is 24.1. The maximum atomic E-state index is 15.1. The summed E-state index contributed by atoms with van der Waals surface area (Å²) in [4.78, 5) is 46.5.